The molecule has 0 unspecified atom stereocenters. The third-order valence-electron chi connectivity index (χ3n) is 4.27. The normalized spacial score (nSPS) is 10.8. The number of nitrogens with one attached hydrogen (secondary N) is 1. The van der Waals surface area contributed by atoms with Crippen LogP contribution in [0.3, 0.4) is 0 Å². The quantitative estimate of drug-likeness (QED) is 0.698. The summed E-state index contributed by atoms with van der Waals surface area (Å²) in [5, 5.41) is 16.3. The van der Waals surface area contributed by atoms with E-state index in [1.54, 1.807) is 12.1 Å². The Labute approximate surface area is 152 Å². The van der Waals surface area contributed by atoms with Crippen molar-refractivity contribution in [3.05, 3.63) is 77.2 Å². The van der Waals surface area contributed by atoms with Crippen LogP contribution >= 0.6 is 0 Å². The average molecular weight is 348 g/mol. The van der Waals surface area contributed by atoms with E-state index in [0.29, 0.717) is 5.56 Å². The van der Waals surface area contributed by atoms with E-state index in [1.807, 2.05) is 30.3 Å². The first kappa shape index (κ1) is 17.8. The van der Waals surface area contributed by atoms with E-state index in [0.717, 1.165) is 48.4 Å². The van der Waals surface area contributed by atoms with Crippen LogP contribution in [-0.2, 0) is 13.0 Å². The van der Waals surface area contributed by atoms with Gasteiger partial charge in [0.1, 0.15) is 5.82 Å². The molecule has 0 fully saturated rings. The molecule has 26 heavy (non-hydrogen) atoms. The number of aromatic amines is 1. The summed E-state index contributed by atoms with van der Waals surface area (Å²) >= 11 is 0. The van der Waals surface area contributed by atoms with Gasteiger partial charge in [-0.2, -0.15) is 10.4 Å². The molecule has 0 bridgehead atoms. The van der Waals surface area contributed by atoms with E-state index in [9.17, 15) is 4.39 Å². The van der Waals surface area contributed by atoms with Gasteiger partial charge in [0, 0.05) is 17.8 Å². The van der Waals surface area contributed by atoms with Crippen molar-refractivity contribution in [2.75, 3.05) is 13.6 Å². The Hall–Kier alpha value is -2.97. The molecule has 0 saturated heterocycles. The number of nitrogens with zero attached hydrogens (tertiary/aromatic N) is 3. The first-order valence-corrected chi connectivity index (χ1v) is 8.62. The van der Waals surface area contributed by atoms with E-state index in [4.69, 9.17) is 5.26 Å². The highest BCUT2D eigenvalue weighted by Gasteiger charge is 2.06. The molecular formula is C21H21FN4. The molecule has 3 rings (SSSR count). The largest absolute Gasteiger partial charge is 0.302 e. The van der Waals surface area contributed by atoms with Gasteiger partial charge < -0.3 is 4.90 Å². The van der Waals surface area contributed by atoms with Gasteiger partial charge >= 0.3 is 0 Å². The van der Waals surface area contributed by atoms with Gasteiger partial charge in [0.15, 0.2) is 0 Å². The summed E-state index contributed by atoms with van der Waals surface area (Å²) < 4.78 is 13.0. The molecule has 0 spiro atoms. The fraction of sp³-hybridized carbons (Fsp3) is 0.238. The topological polar surface area (TPSA) is 55.7 Å². The number of hydrogen-bond acceptors (Lipinski definition) is 3. The van der Waals surface area contributed by atoms with Gasteiger partial charge in [0.05, 0.1) is 17.3 Å². The standard InChI is InChI=1S/C21H21FN4/c1-26(15-17-5-2-4-16(12-17)14-23)11-3-6-20-13-21(25-24-20)18-7-9-19(22)10-8-18/h2,4-5,7-10,12-13H,3,6,11,15H2,1H3,(H,24,25). The van der Waals surface area contributed by atoms with E-state index >= 15 is 0 Å². The van der Waals surface area contributed by atoms with Crippen molar-refractivity contribution < 1.29 is 4.39 Å². The molecule has 4 nitrogen and oxygen atoms in total. The predicted octanol–water partition coefficient (Wildman–Crippen LogP) is 4.15. The Bertz CT molecular complexity index is 893. The van der Waals surface area contributed by atoms with Crippen LogP contribution in [-0.4, -0.2) is 28.7 Å². The fourth-order valence-corrected chi connectivity index (χ4v) is 2.93. The molecule has 0 amide bonds. The monoisotopic (exact) mass is 348 g/mol. The molecule has 1 aromatic heterocycles. The number of hydrogen-bond donors (Lipinski definition) is 1. The Morgan fingerprint density at radius 3 is 2.73 bits per heavy atom. The maximum absolute atomic E-state index is 13.0. The van der Waals surface area contributed by atoms with Crippen molar-refractivity contribution in [2.24, 2.45) is 0 Å². The maximum atomic E-state index is 13.0. The fourth-order valence-electron chi connectivity index (χ4n) is 2.93. The lowest BCUT2D eigenvalue weighted by molar-refractivity contribution is 0.322. The van der Waals surface area contributed by atoms with E-state index < -0.39 is 0 Å². The highest BCUT2D eigenvalue weighted by molar-refractivity contribution is 5.58. The molecule has 5 heteroatoms. The Balaban J connectivity index is 1.49. The third-order valence-corrected chi connectivity index (χ3v) is 4.27. The zero-order chi connectivity index (χ0) is 18.4. The predicted molar refractivity (Wildman–Crippen MR) is 99.8 cm³/mol. The van der Waals surface area contributed by atoms with Gasteiger partial charge in [-0.3, -0.25) is 5.10 Å². The third kappa shape index (κ3) is 4.78. The molecule has 0 aliphatic carbocycles. The minimum Gasteiger partial charge on any atom is -0.302 e. The second kappa shape index (κ2) is 8.41. The van der Waals surface area contributed by atoms with E-state index in [1.165, 1.54) is 12.1 Å². The summed E-state index contributed by atoms with van der Waals surface area (Å²) in [5.41, 5.74) is 4.66. The molecule has 0 aliphatic heterocycles. The first-order chi connectivity index (χ1) is 12.6. The smallest absolute Gasteiger partial charge is 0.123 e. The summed E-state index contributed by atoms with van der Waals surface area (Å²) in [6.45, 7) is 1.76. The van der Waals surface area contributed by atoms with Gasteiger partial charge in [-0.15, -0.1) is 0 Å². The minimum atomic E-state index is -0.243. The Morgan fingerprint density at radius 1 is 1.15 bits per heavy atom. The molecule has 0 saturated carbocycles. The summed E-state index contributed by atoms with van der Waals surface area (Å²) in [4.78, 5) is 2.24. The number of aryl methyl sites for hydroxylation is 1. The first-order valence-electron chi connectivity index (χ1n) is 8.62. The summed E-state index contributed by atoms with van der Waals surface area (Å²) in [6.07, 6.45) is 1.90. The van der Waals surface area contributed by atoms with Gasteiger partial charge in [-0.1, -0.05) is 12.1 Å². The second-order valence-corrected chi connectivity index (χ2v) is 6.44. The van der Waals surface area contributed by atoms with Crippen molar-refractivity contribution in [3.63, 3.8) is 0 Å². The zero-order valence-corrected chi connectivity index (χ0v) is 14.7. The zero-order valence-electron chi connectivity index (χ0n) is 14.7. The van der Waals surface area contributed by atoms with Gasteiger partial charge in [0.25, 0.3) is 0 Å². The molecule has 0 radical (unpaired) electrons. The van der Waals surface area contributed by atoms with Crippen molar-refractivity contribution in [1.29, 1.82) is 5.26 Å². The van der Waals surface area contributed by atoms with Crippen LogP contribution in [0, 0.1) is 17.1 Å². The maximum Gasteiger partial charge on any atom is 0.123 e. The lowest BCUT2D eigenvalue weighted by Gasteiger charge is -2.16. The number of nitriles is 1. The van der Waals surface area contributed by atoms with E-state index in [-0.39, 0.29) is 5.82 Å². The van der Waals surface area contributed by atoms with Crippen LogP contribution < -0.4 is 0 Å². The van der Waals surface area contributed by atoms with E-state index in [2.05, 4.69) is 28.2 Å². The van der Waals surface area contributed by atoms with Crippen molar-refractivity contribution in [2.45, 2.75) is 19.4 Å². The molecular weight excluding hydrogens is 327 g/mol. The highest BCUT2D eigenvalue weighted by Crippen LogP contribution is 2.18. The molecule has 2 aromatic carbocycles. The number of rotatable bonds is 7. The lowest BCUT2D eigenvalue weighted by Crippen LogP contribution is -2.19. The number of aromatic nitrogens is 2. The van der Waals surface area contributed by atoms with Crippen LogP contribution in [0.2, 0.25) is 0 Å². The van der Waals surface area contributed by atoms with Crippen molar-refractivity contribution in [3.8, 4) is 17.3 Å². The average Bonchev–Trinajstić information content (AvgIpc) is 3.11. The Morgan fingerprint density at radius 2 is 1.96 bits per heavy atom. The number of H-pyrrole nitrogens is 1. The highest BCUT2D eigenvalue weighted by atomic mass is 19.1. The van der Waals surface area contributed by atoms with Gasteiger partial charge in [0.2, 0.25) is 0 Å². The number of benzene rings is 2. The molecule has 132 valence electrons. The van der Waals surface area contributed by atoms with Crippen molar-refractivity contribution in [1.82, 2.24) is 15.1 Å². The van der Waals surface area contributed by atoms with Gasteiger partial charge in [-0.05, 0) is 74.5 Å². The van der Waals surface area contributed by atoms with Crippen LogP contribution in [0.25, 0.3) is 11.3 Å². The molecule has 1 N–H and O–H groups in total. The second-order valence-electron chi connectivity index (χ2n) is 6.44. The summed E-state index contributed by atoms with van der Waals surface area (Å²) in [6, 6.07) is 18.3. The molecule has 0 atom stereocenters. The lowest BCUT2D eigenvalue weighted by atomic mass is 10.1. The van der Waals surface area contributed by atoms with Crippen LogP contribution in [0.1, 0.15) is 23.2 Å². The van der Waals surface area contributed by atoms with Crippen LogP contribution in [0.15, 0.2) is 54.6 Å². The number of halogens is 1. The summed E-state index contributed by atoms with van der Waals surface area (Å²) in [7, 11) is 2.08. The minimum absolute atomic E-state index is 0.243. The molecule has 0 aliphatic rings. The van der Waals surface area contributed by atoms with Gasteiger partial charge in [-0.25, -0.2) is 4.39 Å². The summed E-state index contributed by atoms with van der Waals surface area (Å²) in [5.74, 6) is -0.243. The SMILES string of the molecule is CN(CCCc1cc(-c2ccc(F)cc2)n[nH]1)Cc1cccc(C#N)c1. The van der Waals surface area contributed by atoms with Crippen molar-refractivity contribution >= 4 is 0 Å². The van der Waals surface area contributed by atoms with Crippen LogP contribution in [0.5, 0.6) is 0 Å². The Kier molecular flexibility index (Phi) is 5.77. The molecule has 3 aromatic rings. The molecule has 1 heterocycles. The van der Waals surface area contributed by atoms with Crippen LogP contribution in [0.4, 0.5) is 4.39 Å².